The van der Waals surface area contributed by atoms with Crippen LogP contribution in [0.5, 0.6) is 0 Å². The lowest BCUT2D eigenvalue weighted by atomic mass is 10.2. The van der Waals surface area contributed by atoms with Gasteiger partial charge < -0.3 is 20.3 Å². The molecule has 0 aliphatic carbocycles. The summed E-state index contributed by atoms with van der Waals surface area (Å²) in [7, 11) is 0. The highest BCUT2D eigenvalue weighted by atomic mass is 16.3. The van der Waals surface area contributed by atoms with E-state index < -0.39 is 0 Å². The summed E-state index contributed by atoms with van der Waals surface area (Å²) in [6, 6.07) is 8.18. The molecule has 2 rings (SSSR count). The highest BCUT2D eigenvalue weighted by molar-refractivity contribution is 6.00. The van der Waals surface area contributed by atoms with Gasteiger partial charge in [0.2, 0.25) is 5.56 Å². The molecule has 0 atom stereocenters. The molecule has 21 heavy (non-hydrogen) atoms. The third kappa shape index (κ3) is 3.61. The van der Waals surface area contributed by atoms with E-state index in [9.17, 15) is 9.59 Å². The molecule has 0 spiro atoms. The summed E-state index contributed by atoms with van der Waals surface area (Å²) < 4.78 is 0. The average molecular weight is 289 g/mol. The summed E-state index contributed by atoms with van der Waals surface area (Å²) in [6.45, 7) is 2.77. The first-order valence-corrected chi connectivity index (χ1v) is 6.94. The Labute approximate surface area is 122 Å². The van der Waals surface area contributed by atoms with E-state index in [0.29, 0.717) is 24.3 Å². The molecule has 0 aliphatic heterocycles. The quantitative estimate of drug-likeness (QED) is 0.784. The van der Waals surface area contributed by atoms with Gasteiger partial charge in [-0.15, -0.1) is 0 Å². The van der Waals surface area contributed by atoms with Gasteiger partial charge in [-0.05, 0) is 24.6 Å². The predicted octanol–water partition coefficient (Wildman–Crippen LogP) is 1.76. The van der Waals surface area contributed by atoms with Gasteiger partial charge in [0.15, 0.2) is 0 Å². The van der Waals surface area contributed by atoms with E-state index in [1.54, 1.807) is 29.2 Å². The molecular weight excluding hydrogens is 270 g/mol. The summed E-state index contributed by atoms with van der Waals surface area (Å²) >= 11 is 0. The third-order valence-corrected chi connectivity index (χ3v) is 3.16. The van der Waals surface area contributed by atoms with Gasteiger partial charge in [0, 0.05) is 24.5 Å². The standard InChI is InChI=1S/C15H19N3O3/c1-2-8-18(9-10-19)15(21)17-13-5-3-4-12-11(13)6-7-14(20)16-12/h3-7,19H,2,8-10H2,1H3,(H,16,20)(H,17,21). The second kappa shape index (κ2) is 6.90. The molecule has 3 N–H and O–H groups in total. The number of fused-ring (bicyclic) bond motifs is 1. The van der Waals surface area contributed by atoms with Gasteiger partial charge in [-0.2, -0.15) is 0 Å². The molecule has 6 nitrogen and oxygen atoms in total. The lowest BCUT2D eigenvalue weighted by Gasteiger charge is -2.22. The fraction of sp³-hybridized carbons (Fsp3) is 0.333. The molecule has 1 heterocycles. The molecule has 0 bridgehead atoms. The smallest absolute Gasteiger partial charge is 0.321 e. The molecule has 0 radical (unpaired) electrons. The van der Waals surface area contributed by atoms with Gasteiger partial charge in [0.1, 0.15) is 0 Å². The Hall–Kier alpha value is -2.34. The Balaban J connectivity index is 2.26. The molecule has 0 unspecified atom stereocenters. The van der Waals surface area contributed by atoms with E-state index in [4.69, 9.17) is 5.11 Å². The van der Waals surface area contributed by atoms with Crippen LogP contribution in [0.25, 0.3) is 10.9 Å². The molecule has 2 aromatic rings. The maximum atomic E-state index is 12.2. The molecule has 1 aromatic heterocycles. The zero-order chi connectivity index (χ0) is 15.2. The Morgan fingerprint density at radius 2 is 2.10 bits per heavy atom. The first kappa shape index (κ1) is 15.1. The van der Waals surface area contributed by atoms with Crippen molar-refractivity contribution >= 4 is 22.6 Å². The number of aromatic amines is 1. The van der Waals surface area contributed by atoms with Crippen LogP contribution in [0.2, 0.25) is 0 Å². The molecular formula is C15H19N3O3. The Bertz CT molecular complexity index is 675. The van der Waals surface area contributed by atoms with Gasteiger partial charge in [-0.25, -0.2) is 4.79 Å². The zero-order valence-electron chi connectivity index (χ0n) is 11.9. The Morgan fingerprint density at radius 3 is 2.81 bits per heavy atom. The largest absolute Gasteiger partial charge is 0.395 e. The number of pyridine rings is 1. The normalized spacial score (nSPS) is 10.6. The van der Waals surface area contributed by atoms with Crippen LogP contribution in [0.4, 0.5) is 10.5 Å². The Kier molecular flexibility index (Phi) is 4.94. The second-order valence-electron chi connectivity index (χ2n) is 4.73. The summed E-state index contributed by atoms with van der Waals surface area (Å²) in [5.41, 5.74) is 1.12. The SMILES string of the molecule is CCCN(CCO)C(=O)Nc1cccc2[nH]c(=O)ccc12. The number of hydrogen-bond acceptors (Lipinski definition) is 3. The number of urea groups is 1. The van der Waals surface area contributed by atoms with Gasteiger partial charge >= 0.3 is 6.03 Å². The van der Waals surface area contributed by atoms with Crippen molar-refractivity contribution in [3.8, 4) is 0 Å². The molecule has 112 valence electrons. The van der Waals surface area contributed by atoms with Crippen LogP contribution in [0, 0.1) is 0 Å². The first-order chi connectivity index (χ1) is 10.2. The number of rotatable bonds is 5. The summed E-state index contributed by atoms with van der Waals surface area (Å²) in [5, 5.41) is 12.6. The van der Waals surface area contributed by atoms with Crippen LogP contribution in [0.15, 0.2) is 35.1 Å². The minimum absolute atomic E-state index is 0.0731. The van der Waals surface area contributed by atoms with E-state index >= 15 is 0 Å². The highest BCUT2D eigenvalue weighted by Crippen LogP contribution is 2.20. The zero-order valence-corrected chi connectivity index (χ0v) is 11.9. The van der Waals surface area contributed by atoms with Crippen molar-refractivity contribution in [3.63, 3.8) is 0 Å². The number of carbonyl (C=O) groups excluding carboxylic acids is 1. The summed E-state index contributed by atoms with van der Waals surface area (Å²) in [6.07, 6.45) is 0.816. The minimum Gasteiger partial charge on any atom is -0.395 e. The van der Waals surface area contributed by atoms with Crippen molar-refractivity contribution < 1.29 is 9.90 Å². The van der Waals surface area contributed by atoms with Crippen LogP contribution in [-0.2, 0) is 0 Å². The van der Waals surface area contributed by atoms with E-state index in [2.05, 4.69) is 10.3 Å². The number of amides is 2. The van der Waals surface area contributed by atoms with Gasteiger partial charge in [0.25, 0.3) is 0 Å². The number of aliphatic hydroxyl groups excluding tert-OH is 1. The van der Waals surface area contributed by atoms with Crippen molar-refractivity contribution in [3.05, 3.63) is 40.7 Å². The van der Waals surface area contributed by atoms with Gasteiger partial charge in [-0.1, -0.05) is 13.0 Å². The van der Waals surface area contributed by atoms with Crippen molar-refractivity contribution in [2.45, 2.75) is 13.3 Å². The number of carbonyl (C=O) groups is 1. The summed E-state index contributed by atoms with van der Waals surface area (Å²) in [4.78, 5) is 27.8. The maximum Gasteiger partial charge on any atom is 0.321 e. The molecule has 1 aromatic carbocycles. The highest BCUT2D eigenvalue weighted by Gasteiger charge is 2.13. The summed E-state index contributed by atoms with van der Waals surface area (Å²) in [5.74, 6) is 0. The number of anilines is 1. The fourth-order valence-electron chi connectivity index (χ4n) is 2.20. The van der Waals surface area contributed by atoms with Crippen LogP contribution < -0.4 is 10.9 Å². The number of nitrogens with zero attached hydrogens (tertiary/aromatic N) is 1. The number of H-pyrrole nitrogens is 1. The van der Waals surface area contributed by atoms with Crippen molar-refractivity contribution in [1.29, 1.82) is 0 Å². The van der Waals surface area contributed by atoms with Crippen LogP contribution in [0.1, 0.15) is 13.3 Å². The number of aliphatic hydroxyl groups is 1. The predicted molar refractivity (Wildman–Crippen MR) is 82.5 cm³/mol. The Morgan fingerprint density at radius 1 is 1.29 bits per heavy atom. The molecule has 6 heteroatoms. The van der Waals surface area contributed by atoms with E-state index in [-0.39, 0.29) is 18.2 Å². The van der Waals surface area contributed by atoms with E-state index in [1.165, 1.54) is 6.07 Å². The number of hydrogen-bond donors (Lipinski definition) is 3. The molecule has 0 saturated carbocycles. The van der Waals surface area contributed by atoms with Crippen LogP contribution in [0.3, 0.4) is 0 Å². The monoisotopic (exact) mass is 289 g/mol. The van der Waals surface area contributed by atoms with Crippen molar-refractivity contribution in [1.82, 2.24) is 9.88 Å². The van der Waals surface area contributed by atoms with E-state index in [1.807, 2.05) is 6.92 Å². The maximum absolute atomic E-state index is 12.2. The van der Waals surface area contributed by atoms with Gasteiger partial charge in [0.05, 0.1) is 17.8 Å². The third-order valence-electron chi connectivity index (χ3n) is 3.16. The molecule has 0 fully saturated rings. The number of aromatic nitrogens is 1. The average Bonchev–Trinajstić information content (AvgIpc) is 2.47. The molecule has 0 aliphatic rings. The van der Waals surface area contributed by atoms with Gasteiger partial charge in [-0.3, -0.25) is 4.79 Å². The number of benzene rings is 1. The second-order valence-corrected chi connectivity index (χ2v) is 4.73. The van der Waals surface area contributed by atoms with Crippen molar-refractivity contribution in [2.24, 2.45) is 0 Å². The topological polar surface area (TPSA) is 85.4 Å². The lowest BCUT2D eigenvalue weighted by Crippen LogP contribution is -2.37. The minimum atomic E-state index is -0.260. The van der Waals surface area contributed by atoms with Crippen LogP contribution >= 0.6 is 0 Å². The molecule has 2 amide bonds. The first-order valence-electron chi connectivity index (χ1n) is 6.94. The van der Waals surface area contributed by atoms with Crippen molar-refractivity contribution in [2.75, 3.05) is 25.0 Å². The van der Waals surface area contributed by atoms with Crippen LogP contribution in [-0.4, -0.2) is 40.7 Å². The lowest BCUT2D eigenvalue weighted by molar-refractivity contribution is 0.188. The van der Waals surface area contributed by atoms with E-state index in [0.717, 1.165) is 11.8 Å². The number of nitrogens with one attached hydrogen (secondary N) is 2. The fourth-order valence-corrected chi connectivity index (χ4v) is 2.20. The molecule has 0 saturated heterocycles.